The molecule has 0 amide bonds. The molecule has 0 saturated heterocycles. The Balaban J connectivity index is 4.39. The summed E-state index contributed by atoms with van der Waals surface area (Å²) in [6.07, 6.45) is 1.27. The predicted octanol–water partition coefficient (Wildman–Crippen LogP) is 3.30. The molecule has 0 aliphatic rings. The van der Waals surface area contributed by atoms with E-state index >= 15 is 0 Å². The summed E-state index contributed by atoms with van der Waals surface area (Å²) in [5.74, 6) is 0.771. The molecule has 0 aliphatic carbocycles. The average molecular weight is 185 g/mol. The molecule has 0 bridgehead atoms. The Kier molecular flexibility index (Phi) is 4.44. The molecule has 0 fully saturated rings. The van der Waals surface area contributed by atoms with Gasteiger partial charge in [-0.15, -0.1) is 0 Å². The first-order chi connectivity index (χ1) is 5.69. The highest BCUT2D eigenvalue weighted by molar-refractivity contribution is 4.84. The maximum Gasteiger partial charge on any atom is -0.00489 e. The van der Waals surface area contributed by atoms with Crippen molar-refractivity contribution in [3.05, 3.63) is 0 Å². The Hall–Kier alpha value is -0.0400. The van der Waals surface area contributed by atoms with Crippen LogP contribution < -0.4 is 5.32 Å². The average Bonchev–Trinajstić information content (AvgIpc) is 1.81. The van der Waals surface area contributed by atoms with E-state index in [1.54, 1.807) is 0 Å². The lowest BCUT2D eigenvalue weighted by Crippen LogP contribution is -2.34. The molecule has 0 aromatic heterocycles. The van der Waals surface area contributed by atoms with E-state index in [1.165, 1.54) is 6.42 Å². The zero-order valence-electron chi connectivity index (χ0n) is 10.5. The maximum absolute atomic E-state index is 3.24. The molecular formula is C12H27N. The molecule has 1 nitrogen and oxygen atoms in total. The number of rotatable bonds is 3. The molecule has 1 heteroatoms. The van der Waals surface area contributed by atoms with Crippen molar-refractivity contribution in [2.45, 2.75) is 48.0 Å². The van der Waals surface area contributed by atoms with Gasteiger partial charge in [0.25, 0.3) is 0 Å². The van der Waals surface area contributed by atoms with Crippen LogP contribution in [0.15, 0.2) is 0 Å². The van der Waals surface area contributed by atoms with Crippen molar-refractivity contribution in [1.29, 1.82) is 0 Å². The first kappa shape index (κ1) is 13.0. The Morgan fingerprint density at radius 2 is 1.31 bits per heavy atom. The Morgan fingerprint density at radius 1 is 0.923 bits per heavy atom. The van der Waals surface area contributed by atoms with Crippen LogP contribution in [0.25, 0.3) is 0 Å². The van der Waals surface area contributed by atoms with E-state index in [-0.39, 0.29) is 0 Å². The highest BCUT2D eigenvalue weighted by atomic mass is 14.8. The van der Waals surface area contributed by atoms with Crippen molar-refractivity contribution in [2.24, 2.45) is 16.7 Å². The third-order valence-corrected chi connectivity index (χ3v) is 2.77. The smallest absolute Gasteiger partial charge is 0.00489 e. The van der Waals surface area contributed by atoms with Crippen molar-refractivity contribution in [2.75, 3.05) is 13.6 Å². The van der Waals surface area contributed by atoms with Gasteiger partial charge in [-0.25, -0.2) is 0 Å². The third-order valence-electron chi connectivity index (χ3n) is 2.77. The van der Waals surface area contributed by atoms with E-state index in [9.17, 15) is 0 Å². The van der Waals surface area contributed by atoms with Gasteiger partial charge < -0.3 is 5.32 Å². The van der Waals surface area contributed by atoms with Crippen LogP contribution >= 0.6 is 0 Å². The molecular weight excluding hydrogens is 158 g/mol. The van der Waals surface area contributed by atoms with Crippen LogP contribution in [-0.4, -0.2) is 13.6 Å². The van der Waals surface area contributed by atoms with Crippen molar-refractivity contribution in [1.82, 2.24) is 5.32 Å². The van der Waals surface area contributed by atoms with Gasteiger partial charge in [0.15, 0.2) is 0 Å². The van der Waals surface area contributed by atoms with Crippen LogP contribution in [0.5, 0.6) is 0 Å². The van der Waals surface area contributed by atoms with Gasteiger partial charge in [-0.3, -0.25) is 0 Å². The summed E-state index contributed by atoms with van der Waals surface area (Å²) in [7, 11) is 2.03. The molecule has 0 aromatic rings. The summed E-state index contributed by atoms with van der Waals surface area (Å²) in [6.45, 7) is 15.2. The molecule has 0 heterocycles. The molecule has 1 N–H and O–H groups in total. The fourth-order valence-corrected chi connectivity index (χ4v) is 2.45. The SMILES string of the molecule is CNCCC(C(C)(C)C)C(C)(C)C. The van der Waals surface area contributed by atoms with E-state index in [4.69, 9.17) is 0 Å². The fourth-order valence-electron chi connectivity index (χ4n) is 2.45. The normalized spacial score (nSPS) is 13.8. The molecule has 0 rings (SSSR count). The van der Waals surface area contributed by atoms with E-state index in [2.05, 4.69) is 46.9 Å². The Labute approximate surface area is 84.3 Å². The second kappa shape index (κ2) is 4.45. The molecule has 0 spiro atoms. The van der Waals surface area contributed by atoms with Crippen LogP contribution in [0.4, 0.5) is 0 Å². The van der Waals surface area contributed by atoms with Gasteiger partial charge in [0, 0.05) is 0 Å². The van der Waals surface area contributed by atoms with E-state index in [0.717, 1.165) is 12.5 Å². The lowest BCUT2D eigenvalue weighted by atomic mass is 9.65. The van der Waals surface area contributed by atoms with E-state index in [0.29, 0.717) is 10.8 Å². The van der Waals surface area contributed by atoms with Crippen LogP contribution in [0.2, 0.25) is 0 Å². The fraction of sp³-hybridized carbons (Fsp3) is 1.00. The van der Waals surface area contributed by atoms with Gasteiger partial charge in [-0.2, -0.15) is 0 Å². The monoisotopic (exact) mass is 185 g/mol. The van der Waals surface area contributed by atoms with Crippen molar-refractivity contribution >= 4 is 0 Å². The third kappa shape index (κ3) is 4.66. The minimum Gasteiger partial charge on any atom is -0.320 e. The molecule has 0 aromatic carbocycles. The minimum atomic E-state index is 0.412. The zero-order valence-corrected chi connectivity index (χ0v) is 10.5. The molecule has 13 heavy (non-hydrogen) atoms. The molecule has 0 unspecified atom stereocenters. The van der Waals surface area contributed by atoms with Crippen molar-refractivity contribution in [3.63, 3.8) is 0 Å². The van der Waals surface area contributed by atoms with Crippen LogP contribution in [0.3, 0.4) is 0 Å². The standard InChI is InChI=1S/C12H27N/c1-11(2,3)10(8-9-13-7)12(4,5)6/h10,13H,8-9H2,1-7H3. The van der Waals surface area contributed by atoms with Gasteiger partial charge in [0.2, 0.25) is 0 Å². The van der Waals surface area contributed by atoms with Crippen molar-refractivity contribution in [3.8, 4) is 0 Å². The Morgan fingerprint density at radius 3 is 1.54 bits per heavy atom. The first-order valence-electron chi connectivity index (χ1n) is 5.34. The van der Waals surface area contributed by atoms with Gasteiger partial charge in [0.1, 0.15) is 0 Å². The Bertz CT molecular complexity index is 122. The zero-order chi connectivity index (χ0) is 10.7. The van der Waals surface area contributed by atoms with Crippen LogP contribution in [0, 0.1) is 16.7 Å². The summed E-state index contributed by atoms with van der Waals surface area (Å²) >= 11 is 0. The van der Waals surface area contributed by atoms with Gasteiger partial charge in [0.05, 0.1) is 0 Å². The quantitative estimate of drug-likeness (QED) is 0.711. The number of hydrogen-bond donors (Lipinski definition) is 1. The molecule has 0 aliphatic heterocycles. The molecule has 80 valence electrons. The van der Waals surface area contributed by atoms with E-state index in [1.807, 2.05) is 7.05 Å². The van der Waals surface area contributed by atoms with E-state index < -0.39 is 0 Å². The predicted molar refractivity (Wildman–Crippen MR) is 60.9 cm³/mol. The highest BCUT2D eigenvalue weighted by Gasteiger charge is 2.33. The molecule has 0 radical (unpaired) electrons. The molecule has 0 saturated carbocycles. The van der Waals surface area contributed by atoms with Gasteiger partial charge >= 0.3 is 0 Å². The lowest BCUT2D eigenvalue weighted by Gasteiger charge is -2.41. The van der Waals surface area contributed by atoms with Crippen LogP contribution in [-0.2, 0) is 0 Å². The summed E-state index contributed by atoms with van der Waals surface area (Å²) in [4.78, 5) is 0. The molecule has 0 atom stereocenters. The second-order valence-corrected chi connectivity index (χ2v) is 6.18. The van der Waals surface area contributed by atoms with Gasteiger partial charge in [-0.1, -0.05) is 41.5 Å². The summed E-state index contributed by atoms with van der Waals surface area (Å²) in [5, 5.41) is 3.24. The summed E-state index contributed by atoms with van der Waals surface area (Å²) < 4.78 is 0. The number of hydrogen-bond acceptors (Lipinski definition) is 1. The highest BCUT2D eigenvalue weighted by Crippen LogP contribution is 2.41. The van der Waals surface area contributed by atoms with Crippen LogP contribution in [0.1, 0.15) is 48.0 Å². The maximum atomic E-state index is 3.24. The largest absolute Gasteiger partial charge is 0.320 e. The number of nitrogens with one attached hydrogen (secondary N) is 1. The lowest BCUT2D eigenvalue weighted by molar-refractivity contribution is 0.0934. The summed E-state index contributed by atoms with van der Waals surface area (Å²) in [5.41, 5.74) is 0.824. The minimum absolute atomic E-state index is 0.412. The van der Waals surface area contributed by atoms with Gasteiger partial charge in [-0.05, 0) is 36.8 Å². The second-order valence-electron chi connectivity index (χ2n) is 6.18. The topological polar surface area (TPSA) is 12.0 Å². The first-order valence-corrected chi connectivity index (χ1v) is 5.34. The summed E-state index contributed by atoms with van der Waals surface area (Å²) in [6, 6.07) is 0. The van der Waals surface area contributed by atoms with Crippen molar-refractivity contribution < 1.29 is 0 Å².